The number of amides is 1. The maximum Gasteiger partial charge on any atom is 0.328 e. The molecule has 0 saturated heterocycles. The van der Waals surface area contributed by atoms with Gasteiger partial charge in [0.25, 0.3) is 5.91 Å². The third-order valence-electron chi connectivity index (χ3n) is 6.06. The Bertz CT molecular complexity index is 650. The normalized spacial score (nSPS) is 11.8. The number of esters is 1. The van der Waals surface area contributed by atoms with Crippen LogP contribution in [-0.4, -0.2) is 24.5 Å². The molecule has 0 aromatic heterocycles. The van der Waals surface area contributed by atoms with Gasteiger partial charge in [0, 0.05) is 0 Å². The molecule has 1 N–H and O–H groups in total. The van der Waals surface area contributed by atoms with Crippen molar-refractivity contribution in [2.45, 2.75) is 123 Å². The van der Waals surface area contributed by atoms with E-state index < -0.39 is 12.0 Å². The van der Waals surface area contributed by atoms with E-state index in [4.69, 9.17) is 16.3 Å². The fourth-order valence-corrected chi connectivity index (χ4v) is 4.15. The third-order valence-corrected chi connectivity index (χ3v) is 6.39. The molecule has 0 radical (unpaired) electrons. The number of benzene rings is 1. The van der Waals surface area contributed by atoms with Crippen molar-refractivity contribution in [3.8, 4) is 0 Å². The second-order valence-corrected chi connectivity index (χ2v) is 9.55. The lowest BCUT2D eigenvalue weighted by Gasteiger charge is -2.14. The van der Waals surface area contributed by atoms with E-state index in [0.717, 1.165) is 12.8 Å². The van der Waals surface area contributed by atoms with Crippen molar-refractivity contribution in [3.05, 3.63) is 34.9 Å². The van der Waals surface area contributed by atoms with Gasteiger partial charge in [-0.25, -0.2) is 4.79 Å². The van der Waals surface area contributed by atoms with Crippen molar-refractivity contribution in [3.63, 3.8) is 0 Å². The van der Waals surface area contributed by atoms with Crippen LogP contribution in [0.5, 0.6) is 0 Å². The molecule has 0 bridgehead atoms. The fraction of sp³-hybridized carbons (Fsp3) is 0.714. The highest BCUT2D eigenvalue weighted by Gasteiger charge is 2.19. The Morgan fingerprint density at radius 3 is 1.73 bits per heavy atom. The first-order valence-electron chi connectivity index (χ1n) is 13.3. The molecule has 1 aromatic rings. The van der Waals surface area contributed by atoms with E-state index in [0.29, 0.717) is 17.2 Å². The molecule has 1 rings (SSSR count). The van der Waals surface area contributed by atoms with Crippen LogP contribution in [0, 0.1) is 0 Å². The van der Waals surface area contributed by atoms with Crippen molar-refractivity contribution in [1.29, 1.82) is 0 Å². The molecule has 0 aliphatic heterocycles. The zero-order chi connectivity index (χ0) is 24.2. The van der Waals surface area contributed by atoms with Crippen molar-refractivity contribution in [2.24, 2.45) is 0 Å². The molecule has 0 unspecified atom stereocenters. The number of rotatable bonds is 20. The number of halogens is 1. The molecule has 5 heteroatoms. The van der Waals surface area contributed by atoms with E-state index >= 15 is 0 Å². The molecule has 0 spiro atoms. The lowest BCUT2D eigenvalue weighted by atomic mass is 10.0. The summed E-state index contributed by atoms with van der Waals surface area (Å²) in [5, 5.41) is 3.01. The SMILES string of the molecule is CCCCCCCCCCCCCCCCCCOC(=O)[C@H](C)NC(=O)c1ccccc1Cl. The predicted octanol–water partition coefficient (Wildman–Crippen LogP) is 8.26. The summed E-state index contributed by atoms with van der Waals surface area (Å²) in [6.45, 7) is 4.31. The highest BCUT2D eigenvalue weighted by atomic mass is 35.5. The first kappa shape index (κ1) is 29.5. The van der Waals surface area contributed by atoms with Gasteiger partial charge < -0.3 is 10.1 Å². The van der Waals surface area contributed by atoms with Crippen LogP contribution in [0.2, 0.25) is 5.02 Å². The van der Waals surface area contributed by atoms with Gasteiger partial charge in [-0.15, -0.1) is 0 Å². The van der Waals surface area contributed by atoms with Gasteiger partial charge in [-0.05, 0) is 25.5 Å². The van der Waals surface area contributed by atoms with Crippen LogP contribution >= 0.6 is 11.6 Å². The summed E-state index contributed by atoms with van der Waals surface area (Å²) in [5.41, 5.74) is 0.358. The summed E-state index contributed by atoms with van der Waals surface area (Å²) >= 11 is 6.02. The van der Waals surface area contributed by atoms with Crippen molar-refractivity contribution >= 4 is 23.5 Å². The molecule has 0 aliphatic carbocycles. The molecule has 4 nitrogen and oxygen atoms in total. The van der Waals surface area contributed by atoms with E-state index in [1.165, 1.54) is 89.9 Å². The summed E-state index contributed by atoms with van der Waals surface area (Å²) in [5.74, 6) is -0.774. The van der Waals surface area contributed by atoms with Gasteiger partial charge in [0.2, 0.25) is 0 Å². The summed E-state index contributed by atoms with van der Waals surface area (Å²) in [6.07, 6.45) is 21.0. The van der Waals surface area contributed by atoms with Crippen LogP contribution < -0.4 is 5.32 Å². The number of unbranched alkanes of at least 4 members (excludes halogenated alkanes) is 15. The molecular formula is C28H46ClNO3. The molecule has 1 atom stereocenters. The summed E-state index contributed by atoms with van der Waals surface area (Å²) in [6, 6.07) is 6.08. The number of hydrogen-bond acceptors (Lipinski definition) is 3. The summed E-state index contributed by atoms with van der Waals surface area (Å²) in [7, 11) is 0. The highest BCUT2D eigenvalue weighted by molar-refractivity contribution is 6.33. The number of ether oxygens (including phenoxy) is 1. The van der Waals surface area contributed by atoms with Crippen LogP contribution in [0.1, 0.15) is 127 Å². The van der Waals surface area contributed by atoms with Crippen molar-refractivity contribution < 1.29 is 14.3 Å². The van der Waals surface area contributed by atoms with Crippen molar-refractivity contribution in [1.82, 2.24) is 5.32 Å². The average Bonchev–Trinajstić information content (AvgIpc) is 2.81. The van der Waals surface area contributed by atoms with Gasteiger partial charge in [0.1, 0.15) is 6.04 Å². The van der Waals surface area contributed by atoms with Gasteiger partial charge in [-0.2, -0.15) is 0 Å². The molecule has 0 fully saturated rings. The van der Waals surface area contributed by atoms with Crippen molar-refractivity contribution in [2.75, 3.05) is 6.61 Å². The van der Waals surface area contributed by atoms with Gasteiger partial charge >= 0.3 is 5.97 Å². The number of nitrogens with one attached hydrogen (secondary N) is 1. The average molecular weight is 480 g/mol. The standard InChI is InChI=1S/C28H46ClNO3/c1-3-4-5-6-7-8-9-10-11-12-13-14-15-16-17-20-23-33-28(32)24(2)30-27(31)25-21-18-19-22-26(25)29/h18-19,21-22,24H,3-17,20,23H2,1-2H3,(H,30,31)/t24-/m0/s1. The molecule has 0 heterocycles. The Labute approximate surface area is 207 Å². The molecule has 0 aliphatic rings. The Morgan fingerprint density at radius 1 is 0.788 bits per heavy atom. The van der Waals surface area contributed by atoms with Crippen LogP contribution in [-0.2, 0) is 9.53 Å². The second-order valence-electron chi connectivity index (χ2n) is 9.15. The zero-order valence-corrected chi connectivity index (χ0v) is 21.8. The molecule has 1 amide bonds. The first-order chi connectivity index (χ1) is 16.1. The molecular weight excluding hydrogens is 434 g/mol. The first-order valence-corrected chi connectivity index (χ1v) is 13.7. The number of carbonyl (C=O) groups is 2. The maximum atomic E-state index is 12.2. The minimum Gasteiger partial charge on any atom is -0.464 e. The minimum atomic E-state index is -0.699. The predicted molar refractivity (Wildman–Crippen MR) is 139 cm³/mol. The third kappa shape index (κ3) is 15.1. The summed E-state index contributed by atoms with van der Waals surface area (Å²) in [4.78, 5) is 24.3. The fourth-order valence-electron chi connectivity index (χ4n) is 3.93. The highest BCUT2D eigenvalue weighted by Crippen LogP contribution is 2.15. The zero-order valence-electron chi connectivity index (χ0n) is 21.0. The van der Waals surface area contributed by atoms with Crippen LogP contribution in [0.4, 0.5) is 0 Å². The van der Waals surface area contributed by atoms with Crippen LogP contribution in [0.15, 0.2) is 24.3 Å². The number of carbonyl (C=O) groups excluding carboxylic acids is 2. The lowest BCUT2D eigenvalue weighted by Crippen LogP contribution is -2.39. The van der Waals surface area contributed by atoms with Gasteiger partial charge in [-0.3, -0.25) is 4.79 Å². The quantitative estimate of drug-likeness (QED) is 0.151. The maximum absolute atomic E-state index is 12.2. The van der Waals surface area contributed by atoms with Gasteiger partial charge in [0.15, 0.2) is 0 Å². The van der Waals surface area contributed by atoms with Crippen LogP contribution in [0.3, 0.4) is 0 Å². The smallest absolute Gasteiger partial charge is 0.328 e. The Kier molecular flexibility index (Phi) is 17.8. The molecule has 0 saturated carbocycles. The van der Waals surface area contributed by atoms with Crippen LogP contribution in [0.25, 0.3) is 0 Å². The van der Waals surface area contributed by atoms with E-state index in [1.54, 1.807) is 31.2 Å². The Balaban J connectivity index is 1.90. The number of hydrogen-bond donors (Lipinski definition) is 1. The Morgan fingerprint density at radius 2 is 1.24 bits per heavy atom. The summed E-state index contributed by atoms with van der Waals surface area (Å²) < 4.78 is 5.30. The van der Waals surface area contributed by atoms with E-state index in [2.05, 4.69) is 12.2 Å². The monoisotopic (exact) mass is 479 g/mol. The second kappa shape index (κ2) is 19.9. The minimum absolute atomic E-state index is 0.358. The molecule has 33 heavy (non-hydrogen) atoms. The Hall–Kier alpha value is -1.55. The van der Waals surface area contributed by atoms with E-state index in [9.17, 15) is 9.59 Å². The van der Waals surface area contributed by atoms with Gasteiger partial charge in [-0.1, -0.05) is 127 Å². The topological polar surface area (TPSA) is 55.4 Å². The molecule has 188 valence electrons. The lowest BCUT2D eigenvalue weighted by molar-refractivity contribution is -0.145. The van der Waals surface area contributed by atoms with Gasteiger partial charge in [0.05, 0.1) is 17.2 Å². The molecule has 1 aromatic carbocycles. The van der Waals surface area contributed by atoms with E-state index in [-0.39, 0.29) is 5.91 Å². The largest absolute Gasteiger partial charge is 0.464 e. The van der Waals surface area contributed by atoms with E-state index in [1.807, 2.05) is 0 Å².